The Bertz CT molecular complexity index is 698. The van der Waals surface area contributed by atoms with Crippen molar-refractivity contribution in [3.8, 4) is 11.5 Å². The van der Waals surface area contributed by atoms with Crippen molar-refractivity contribution in [2.75, 3.05) is 13.7 Å². The minimum atomic E-state index is -0.955. The van der Waals surface area contributed by atoms with Crippen molar-refractivity contribution in [2.45, 2.75) is 32.3 Å². The van der Waals surface area contributed by atoms with E-state index in [0.29, 0.717) is 17.3 Å². The Kier molecular flexibility index (Phi) is 6.71. The number of carbonyl (C=O) groups excluding carboxylic acids is 1. The van der Waals surface area contributed by atoms with E-state index in [-0.39, 0.29) is 5.91 Å². The minimum absolute atomic E-state index is 0.145. The van der Waals surface area contributed by atoms with Crippen molar-refractivity contribution in [2.24, 2.45) is 0 Å². The summed E-state index contributed by atoms with van der Waals surface area (Å²) >= 11 is 5.86. The van der Waals surface area contributed by atoms with Gasteiger partial charge in [-0.15, -0.1) is 0 Å². The molecule has 0 atom stereocenters. The molecule has 0 saturated carbocycles. The molecule has 0 spiro atoms. The zero-order valence-electron chi connectivity index (χ0n) is 14.8. The summed E-state index contributed by atoms with van der Waals surface area (Å²) in [5.74, 6) is 1.31. The van der Waals surface area contributed by atoms with Gasteiger partial charge in [0.1, 0.15) is 11.5 Å². The molecule has 4 nitrogen and oxygen atoms in total. The minimum Gasteiger partial charge on any atom is -0.497 e. The highest BCUT2D eigenvalue weighted by atomic mass is 35.5. The van der Waals surface area contributed by atoms with Crippen molar-refractivity contribution in [3.05, 3.63) is 59.1 Å². The fraction of sp³-hybridized carbons (Fsp3) is 0.350. The number of halogens is 1. The first kappa shape index (κ1) is 19.1. The van der Waals surface area contributed by atoms with Crippen LogP contribution in [0.25, 0.3) is 0 Å². The molecule has 0 aliphatic carbocycles. The first-order valence-electron chi connectivity index (χ1n) is 8.26. The number of amides is 1. The van der Waals surface area contributed by atoms with Crippen LogP contribution in [0, 0.1) is 0 Å². The van der Waals surface area contributed by atoms with Gasteiger partial charge < -0.3 is 14.8 Å². The molecule has 0 aromatic heterocycles. The maximum absolute atomic E-state index is 12.4. The third-order valence-electron chi connectivity index (χ3n) is 3.80. The van der Waals surface area contributed by atoms with Crippen LogP contribution in [0.4, 0.5) is 0 Å². The van der Waals surface area contributed by atoms with E-state index in [4.69, 9.17) is 21.1 Å². The fourth-order valence-electron chi connectivity index (χ4n) is 2.38. The van der Waals surface area contributed by atoms with Crippen molar-refractivity contribution in [1.82, 2.24) is 5.32 Å². The Morgan fingerprint density at radius 3 is 2.52 bits per heavy atom. The Hall–Kier alpha value is -2.20. The highest BCUT2D eigenvalue weighted by Gasteiger charge is 2.29. The molecule has 1 N–H and O–H groups in total. The van der Waals surface area contributed by atoms with E-state index >= 15 is 0 Å². The van der Waals surface area contributed by atoms with E-state index in [0.717, 1.165) is 18.6 Å². The van der Waals surface area contributed by atoms with Crippen LogP contribution in [-0.2, 0) is 11.2 Å². The molecular weight excluding hydrogens is 338 g/mol. The maximum atomic E-state index is 12.4. The van der Waals surface area contributed by atoms with Gasteiger partial charge >= 0.3 is 0 Å². The SMILES string of the molecule is COc1cccc(CCCNC(=O)C(C)(C)Oc2ccc(Cl)cc2)c1. The fourth-order valence-corrected chi connectivity index (χ4v) is 2.50. The number of carbonyl (C=O) groups is 1. The largest absolute Gasteiger partial charge is 0.497 e. The standard InChI is InChI=1S/C20H24ClNO3/c1-20(2,25-17-11-9-16(21)10-12-17)19(23)22-13-5-7-15-6-4-8-18(14-15)24-3/h4,6,8-12,14H,5,7,13H2,1-3H3,(H,22,23). The maximum Gasteiger partial charge on any atom is 0.263 e. The summed E-state index contributed by atoms with van der Waals surface area (Å²) in [5.41, 5.74) is 0.231. The van der Waals surface area contributed by atoms with Gasteiger partial charge in [0, 0.05) is 11.6 Å². The van der Waals surface area contributed by atoms with Gasteiger partial charge in [0.15, 0.2) is 5.60 Å². The second-order valence-corrected chi connectivity index (χ2v) is 6.71. The lowest BCUT2D eigenvalue weighted by molar-refractivity contribution is -0.134. The van der Waals surface area contributed by atoms with Gasteiger partial charge in [-0.25, -0.2) is 0 Å². The lowest BCUT2D eigenvalue weighted by Crippen LogP contribution is -2.46. The van der Waals surface area contributed by atoms with Crippen molar-refractivity contribution in [1.29, 1.82) is 0 Å². The normalized spacial score (nSPS) is 11.0. The predicted octanol–water partition coefficient (Wildman–Crippen LogP) is 4.26. The zero-order valence-corrected chi connectivity index (χ0v) is 15.6. The van der Waals surface area contributed by atoms with Crippen LogP contribution in [0.2, 0.25) is 5.02 Å². The van der Waals surface area contributed by atoms with Gasteiger partial charge in [-0.1, -0.05) is 23.7 Å². The van der Waals surface area contributed by atoms with Crippen LogP contribution in [0.1, 0.15) is 25.8 Å². The van der Waals surface area contributed by atoms with Gasteiger partial charge in [0.2, 0.25) is 0 Å². The monoisotopic (exact) mass is 361 g/mol. The molecule has 5 heteroatoms. The molecule has 0 fully saturated rings. The molecule has 0 radical (unpaired) electrons. The predicted molar refractivity (Wildman–Crippen MR) is 100 cm³/mol. The van der Waals surface area contributed by atoms with E-state index in [2.05, 4.69) is 11.4 Å². The third-order valence-corrected chi connectivity index (χ3v) is 4.05. The Morgan fingerprint density at radius 1 is 1.12 bits per heavy atom. The van der Waals surface area contributed by atoms with Crippen LogP contribution in [0.5, 0.6) is 11.5 Å². The van der Waals surface area contributed by atoms with Gasteiger partial charge in [0.25, 0.3) is 5.91 Å². The molecule has 0 saturated heterocycles. The molecule has 134 valence electrons. The second-order valence-electron chi connectivity index (χ2n) is 6.28. The Morgan fingerprint density at radius 2 is 1.84 bits per heavy atom. The summed E-state index contributed by atoms with van der Waals surface area (Å²) in [6.45, 7) is 4.08. The smallest absolute Gasteiger partial charge is 0.263 e. The van der Waals surface area contributed by atoms with Gasteiger partial charge in [-0.2, -0.15) is 0 Å². The third kappa shape index (κ3) is 5.98. The number of hydrogen-bond acceptors (Lipinski definition) is 3. The Balaban J connectivity index is 1.79. The molecule has 1 amide bonds. The highest BCUT2D eigenvalue weighted by molar-refractivity contribution is 6.30. The second kappa shape index (κ2) is 8.77. The first-order chi connectivity index (χ1) is 11.9. The molecule has 2 rings (SSSR count). The summed E-state index contributed by atoms with van der Waals surface area (Å²) in [4.78, 5) is 12.4. The summed E-state index contributed by atoms with van der Waals surface area (Å²) in [7, 11) is 1.65. The van der Waals surface area contributed by atoms with Crippen molar-refractivity contribution in [3.63, 3.8) is 0 Å². The molecule has 0 aliphatic rings. The Labute approximate surface area is 154 Å². The number of methoxy groups -OCH3 is 1. The molecular formula is C20H24ClNO3. The summed E-state index contributed by atoms with van der Waals surface area (Å²) in [6, 6.07) is 14.9. The number of hydrogen-bond donors (Lipinski definition) is 1. The van der Waals surface area contributed by atoms with Crippen LogP contribution in [0.3, 0.4) is 0 Å². The van der Waals surface area contributed by atoms with Gasteiger partial charge in [-0.05, 0) is 68.7 Å². The first-order valence-corrected chi connectivity index (χ1v) is 8.64. The van der Waals surface area contributed by atoms with E-state index in [1.165, 1.54) is 5.56 Å². The van der Waals surface area contributed by atoms with E-state index in [9.17, 15) is 4.79 Å². The lowest BCUT2D eigenvalue weighted by atomic mass is 10.1. The van der Waals surface area contributed by atoms with Gasteiger partial charge in [0.05, 0.1) is 7.11 Å². The molecule has 0 unspecified atom stereocenters. The van der Waals surface area contributed by atoms with Crippen molar-refractivity contribution >= 4 is 17.5 Å². The highest BCUT2D eigenvalue weighted by Crippen LogP contribution is 2.21. The van der Waals surface area contributed by atoms with E-state index in [1.807, 2.05) is 18.2 Å². The number of nitrogens with one attached hydrogen (secondary N) is 1. The molecule has 2 aromatic rings. The molecule has 25 heavy (non-hydrogen) atoms. The van der Waals surface area contributed by atoms with Crippen LogP contribution in [0.15, 0.2) is 48.5 Å². The van der Waals surface area contributed by atoms with E-state index < -0.39 is 5.60 Å². The molecule has 0 heterocycles. The van der Waals surface area contributed by atoms with Crippen LogP contribution >= 0.6 is 11.6 Å². The summed E-state index contributed by atoms with van der Waals surface area (Å²) in [5, 5.41) is 3.56. The summed E-state index contributed by atoms with van der Waals surface area (Å²) in [6.07, 6.45) is 1.71. The summed E-state index contributed by atoms with van der Waals surface area (Å²) < 4.78 is 11.0. The average molecular weight is 362 g/mol. The van der Waals surface area contributed by atoms with Gasteiger partial charge in [-0.3, -0.25) is 4.79 Å². The lowest BCUT2D eigenvalue weighted by Gasteiger charge is -2.25. The average Bonchev–Trinajstić information content (AvgIpc) is 2.60. The van der Waals surface area contributed by atoms with Crippen LogP contribution in [-0.4, -0.2) is 25.2 Å². The molecule has 0 bridgehead atoms. The number of aryl methyl sites for hydroxylation is 1. The topological polar surface area (TPSA) is 47.6 Å². The number of ether oxygens (including phenoxy) is 2. The van der Waals surface area contributed by atoms with Crippen LogP contribution < -0.4 is 14.8 Å². The van der Waals surface area contributed by atoms with E-state index in [1.54, 1.807) is 45.2 Å². The number of benzene rings is 2. The number of rotatable bonds is 8. The van der Waals surface area contributed by atoms with Crippen molar-refractivity contribution < 1.29 is 14.3 Å². The molecule has 2 aromatic carbocycles. The molecule has 0 aliphatic heterocycles. The quantitative estimate of drug-likeness (QED) is 0.715. The zero-order chi connectivity index (χ0) is 18.3.